The molecule has 0 radical (unpaired) electrons. The van der Waals surface area contributed by atoms with Crippen molar-refractivity contribution in [1.29, 1.82) is 0 Å². The summed E-state index contributed by atoms with van der Waals surface area (Å²) in [5.41, 5.74) is 0. The van der Waals surface area contributed by atoms with Gasteiger partial charge in [-0.25, -0.2) is 4.79 Å². The molecular weight excluding hydrogens is 396 g/mol. The molecule has 1 aromatic rings. The molecule has 9 heteroatoms. The maximum atomic E-state index is 10.1. The second-order valence-corrected chi connectivity index (χ2v) is 4.60. The van der Waals surface area contributed by atoms with Gasteiger partial charge in [-0.3, -0.25) is 9.89 Å². The van der Waals surface area contributed by atoms with Gasteiger partial charge in [-0.2, -0.15) is 5.10 Å². The molecule has 0 saturated carbocycles. The number of aromatic amines is 1. The minimum absolute atomic E-state index is 0.0463. The Bertz CT molecular complexity index is 379. The summed E-state index contributed by atoms with van der Waals surface area (Å²) in [6.07, 6.45) is 5.22. The second-order valence-electron chi connectivity index (χ2n) is 4.60. The lowest BCUT2D eigenvalue weighted by molar-refractivity contribution is -0.119. The first-order chi connectivity index (χ1) is 15.2. The molecular formula is C22H48N6O3. The van der Waals surface area contributed by atoms with E-state index in [2.05, 4.69) is 38.0 Å². The van der Waals surface area contributed by atoms with Crippen LogP contribution in [0.3, 0.4) is 0 Å². The van der Waals surface area contributed by atoms with E-state index in [4.69, 9.17) is 4.74 Å². The number of nitrogens with zero attached hydrogens (tertiary/aromatic N) is 1. The van der Waals surface area contributed by atoms with E-state index in [1.807, 2.05) is 61.5 Å². The summed E-state index contributed by atoms with van der Waals surface area (Å²) < 4.78 is 4.85. The fourth-order valence-electron chi connectivity index (χ4n) is 1.61. The van der Waals surface area contributed by atoms with Gasteiger partial charge in [-0.05, 0) is 19.1 Å². The summed E-state index contributed by atoms with van der Waals surface area (Å²) >= 11 is 0. The van der Waals surface area contributed by atoms with E-state index < -0.39 is 0 Å². The van der Waals surface area contributed by atoms with Crippen molar-refractivity contribution in [3.8, 4) is 0 Å². The Morgan fingerprint density at radius 1 is 0.839 bits per heavy atom. The number of carbonyl (C=O) groups is 2. The third kappa shape index (κ3) is 32.2. The van der Waals surface area contributed by atoms with Crippen LogP contribution in [0, 0.1) is 0 Å². The normalized spacial score (nSPS) is 13.7. The summed E-state index contributed by atoms with van der Waals surface area (Å²) in [7, 11) is 0. The van der Waals surface area contributed by atoms with Gasteiger partial charge in [0.1, 0.15) is 6.61 Å². The number of ether oxygens (including phenoxy) is 1. The number of carbonyl (C=O) groups excluding carboxylic acids is 2. The first-order valence-electron chi connectivity index (χ1n) is 11.5. The summed E-state index contributed by atoms with van der Waals surface area (Å²) in [6, 6.07) is 1.79. The van der Waals surface area contributed by atoms with Crippen molar-refractivity contribution in [1.82, 2.24) is 31.5 Å². The van der Waals surface area contributed by atoms with Gasteiger partial charge in [-0.1, -0.05) is 55.4 Å². The molecule has 0 bridgehead atoms. The number of amides is 3. The topological polar surface area (TPSA) is 120 Å². The van der Waals surface area contributed by atoms with Crippen molar-refractivity contribution in [2.24, 2.45) is 0 Å². The van der Waals surface area contributed by atoms with E-state index in [0.29, 0.717) is 5.88 Å². The zero-order valence-electron chi connectivity index (χ0n) is 21.1. The van der Waals surface area contributed by atoms with Crippen LogP contribution >= 0.6 is 0 Å². The fourth-order valence-corrected chi connectivity index (χ4v) is 1.61. The first-order valence-corrected chi connectivity index (χ1v) is 11.5. The van der Waals surface area contributed by atoms with Gasteiger partial charge in [-0.15, -0.1) is 0 Å². The molecule has 9 nitrogen and oxygen atoms in total. The van der Waals surface area contributed by atoms with Crippen LogP contribution in [-0.4, -0.2) is 54.9 Å². The van der Waals surface area contributed by atoms with E-state index in [-0.39, 0.29) is 11.9 Å². The van der Waals surface area contributed by atoms with Gasteiger partial charge in [0.15, 0.2) is 5.88 Å². The zero-order chi connectivity index (χ0) is 24.8. The third-order valence-corrected chi connectivity index (χ3v) is 2.71. The Morgan fingerprint density at radius 2 is 1.42 bits per heavy atom. The van der Waals surface area contributed by atoms with Crippen molar-refractivity contribution >= 4 is 11.9 Å². The number of hydrogen-bond acceptors (Lipinski definition) is 5. The quantitative estimate of drug-likeness (QED) is 0.417. The number of aromatic nitrogens is 2. The molecule has 184 valence electrons. The number of urea groups is 1. The van der Waals surface area contributed by atoms with E-state index >= 15 is 0 Å². The molecule has 0 atom stereocenters. The summed E-state index contributed by atoms with van der Waals surface area (Å²) in [5, 5.41) is 16.9. The predicted octanol–water partition coefficient (Wildman–Crippen LogP) is 3.79. The van der Waals surface area contributed by atoms with Gasteiger partial charge in [0, 0.05) is 38.4 Å². The monoisotopic (exact) mass is 444 g/mol. The Hall–Kier alpha value is -2.71. The zero-order valence-corrected chi connectivity index (χ0v) is 21.1. The number of hydrogen-bond donors (Lipinski definition) is 5. The lowest BCUT2D eigenvalue weighted by Gasteiger charge is -1.88. The molecule has 3 aliphatic rings. The highest BCUT2D eigenvalue weighted by atomic mass is 16.5. The molecule has 4 rings (SSSR count). The van der Waals surface area contributed by atoms with Crippen LogP contribution in [0.4, 0.5) is 4.79 Å². The van der Waals surface area contributed by atoms with Crippen molar-refractivity contribution in [3.63, 3.8) is 0 Å². The Labute approximate surface area is 190 Å². The molecule has 31 heavy (non-hydrogen) atoms. The first kappa shape index (κ1) is 35.7. The molecule has 0 aromatic carbocycles. The summed E-state index contributed by atoms with van der Waals surface area (Å²) in [4.78, 5) is 20.2. The van der Waals surface area contributed by atoms with Crippen molar-refractivity contribution in [2.45, 2.75) is 68.2 Å². The highest BCUT2D eigenvalue weighted by molar-refractivity contribution is 5.77. The molecule has 4 heterocycles. The molecule has 3 fully saturated rings. The standard InChI is InChI=1S/2C4H7NO.C3H6N2O.C3H4N2.4C2H6/c1-4-5-2-3-6-4;6-4-2-1-3-5-4;6-3-4-1-2-5-3;1-2-4-5-3-1;4*1-2/h5H,1-3H2;1-3H2,(H,5,6);1-2H2,(H2,4,5,6);1-3H,(H,4,5);4*1-2H3. The number of nitrogens with one attached hydrogen (secondary N) is 5. The molecule has 5 N–H and O–H groups in total. The second kappa shape index (κ2) is 34.8. The van der Waals surface area contributed by atoms with Gasteiger partial charge in [0.25, 0.3) is 0 Å². The average Bonchev–Trinajstić information content (AvgIpc) is 3.65. The van der Waals surface area contributed by atoms with Crippen molar-refractivity contribution in [2.75, 3.05) is 32.8 Å². The molecule has 3 amide bonds. The average molecular weight is 445 g/mol. The molecule has 3 saturated heterocycles. The predicted molar refractivity (Wildman–Crippen MR) is 131 cm³/mol. The molecule has 0 unspecified atom stereocenters. The lowest BCUT2D eigenvalue weighted by atomic mass is 10.4. The van der Waals surface area contributed by atoms with E-state index in [1.165, 1.54) is 0 Å². The highest BCUT2D eigenvalue weighted by Crippen LogP contribution is 1.93. The minimum atomic E-state index is -0.0463. The maximum Gasteiger partial charge on any atom is 0.314 e. The van der Waals surface area contributed by atoms with Crippen LogP contribution in [0.25, 0.3) is 0 Å². The third-order valence-electron chi connectivity index (χ3n) is 2.71. The van der Waals surface area contributed by atoms with Crippen LogP contribution in [0.5, 0.6) is 0 Å². The minimum Gasteiger partial charge on any atom is -0.478 e. The summed E-state index contributed by atoms with van der Waals surface area (Å²) in [5.74, 6) is 0.907. The van der Waals surface area contributed by atoms with Crippen LogP contribution in [-0.2, 0) is 9.53 Å². The van der Waals surface area contributed by atoms with E-state index in [1.54, 1.807) is 12.4 Å². The SMILES string of the molecule is C=C1NCCO1.CC.CC.CC.CC.O=C1CCCN1.O=C1NCCN1.c1cn[nH]c1. The molecule has 0 aliphatic carbocycles. The van der Waals surface area contributed by atoms with Gasteiger partial charge in [0.2, 0.25) is 5.91 Å². The van der Waals surface area contributed by atoms with Gasteiger partial charge >= 0.3 is 6.03 Å². The Kier molecular flexibility index (Phi) is 40.1. The van der Waals surface area contributed by atoms with Crippen LogP contribution in [0.2, 0.25) is 0 Å². The van der Waals surface area contributed by atoms with Crippen LogP contribution in [0.1, 0.15) is 68.2 Å². The summed E-state index contributed by atoms with van der Waals surface area (Å²) in [6.45, 7) is 23.7. The maximum absolute atomic E-state index is 10.1. The molecule has 3 aliphatic heterocycles. The lowest BCUT2D eigenvalue weighted by Crippen LogP contribution is -2.20. The number of rotatable bonds is 0. The van der Waals surface area contributed by atoms with Crippen molar-refractivity contribution in [3.05, 3.63) is 30.9 Å². The molecule has 0 spiro atoms. The Balaban J connectivity index is -0.000000142. The smallest absolute Gasteiger partial charge is 0.314 e. The Morgan fingerprint density at radius 3 is 1.55 bits per heavy atom. The highest BCUT2D eigenvalue weighted by Gasteiger charge is 2.05. The number of H-pyrrole nitrogens is 1. The van der Waals surface area contributed by atoms with Gasteiger partial charge in [0.05, 0.1) is 6.54 Å². The molecule has 1 aromatic heterocycles. The van der Waals surface area contributed by atoms with Crippen molar-refractivity contribution < 1.29 is 14.3 Å². The fraction of sp³-hybridized carbons (Fsp3) is 0.682. The van der Waals surface area contributed by atoms with E-state index in [9.17, 15) is 9.59 Å². The largest absolute Gasteiger partial charge is 0.478 e. The van der Waals surface area contributed by atoms with E-state index in [0.717, 1.165) is 45.6 Å². The van der Waals surface area contributed by atoms with Gasteiger partial charge < -0.3 is 26.0 Å². The van der Waals surface area contributed by atoms with Crippen LogP contribution in [0.15, 0.2) is 30.9 Å². The van der Waals surface area contributed by atoms with Crippen LogP contribution < -0.4 is 21.3 Å².